The highest BCUT2D eigenvalue weighted by molar-refractivity contribution is 5.78. The number of carbonyl (C=O) groups is 2. The van der Waals surface area contributed by atoms with E-state index in [1.54, 1.807) is 27.7 Å². The molecule has 1 aromatic rings. The third-order valence-electron chi connectivity index (χ3n) is 3.57. The molecule has 0 saturated carbocycles. The predicted molar refractivity (Wildman–Crippen MR) is 89.2 cm³/mol. The van der Waals surface area contributed by atoms with Gasteiger partial charge in [0.25, 0.3) is 0 Å². The topological polar surface area (TPSA) is 75.6 Å². The van der Waals surface area contributed by atoms with E-state index in [2.05, 4.69) is 5.32 Å². The second-order valence-electron chi connectivity index (χ2n) is 6.83. The van der Waals surface area contributed by atoms with Crippen LogP contribution >= 0.6 is 0 Å². The minimum absolute atomic E-state index is 0.124. The molecule has 1 amide bonds. The molecule has 0 aliphatic rings. The Morgan fingerprint density at radius 3 is 2.26 bits per heavy atom. The fourth-order valence-electron chi connectivity index (χ4n) is 2.17. The zero-order chi connectivity index (χ0) is 17.6. The van der Waals surface area contributed by atoms with Crippen molar-refractivity contribution in [3.8, 4) is 0 Å². The SMILES string of the molecule is CC(=O)[C@@H](C)[C@H](O)[C@H](Cc1ccccc1)NC(=O)OC(C)(C)C. The third kappa shape index (κ3) is 6.82. The summed E-state index contributed by atoms with van der Waals surface area (Å²) >= 11 is 0. The predicted octanol–water partition coefficient (Wildman–Crippen LogP) is 2.71. The molecule has 2 N–H and O–H groups in total. The summed E-state index contributed by atoms with van der Waals surface area (Å²) in [6.07, 6.45) is -1.17. The summed E-state index contributed by atoms with van der Waals surface area (Å²) in [7, 11) is 0. The maximum Gasteiger partial charge on any atom is 0.407 e. The second kappa shape index (κ2) is 8.11. The maximum absolute atomic E-state index is 12.0. The van der Waals surface area contributed by atoms with Crippen LogP contribution in [0, 0.1) is 5.92 Å². The zero-order valence-corrected chi connectivity index (χ0v) is 14.5. The van der Waals surface area contributed by atoms with Crippen molar-refractivity contribution in [2.45, 2.75) is 58.8 Å². The summed E-state index contributed by atoms with van der Waals surface area (Å²) in [6, 6.07) is 8.89. The van der Waals surface area contributed by atoms with Gasteiger partial charge in [-0.2, -0.15) is 0 Å². The number of aliphatic hydroxyl groups excluding tert-OH is 1. The standard InChI is InChI=1S/C18H27NO4/c1-12(13(2)20)16(21)15(11-14-9-7-6-8-10-14)19-17(22)23-18(3,4)5/h6-10,12,15-16,21H,11H2,1-5H3,(H,19,22)/t12-,15+,16+/m1/s1. The van der Waals surface area contributed by atoms with Crippen molar-refractivity contribution in [3.63, 3.8) is 0 Å². The van der Waals surface area contributed by atoms with E-state index in [0.29, 0.717) is 6.42 Å². The Morgan fingerprint density at radius 1 is 1.22 bits per heavy atom. The molecule has 0 radical (unpaired) electrons. The Morgan fingerprint density at radius 2 is 1.78 bits per heavy atom. The van der Waals surface area contributed by atoms with Crippen molar-refractivity contribution in [2.24, 2.45) is 5.92 Å². The van der Waals surface area contributed by atoms with Crippen LogP contribution in [-0.4, -0.2) is 34.7 Å². The third-order valence-corrected chi connectivity index (χ3v) is 3.57. The molecule has 0 aromatic heterocycles. The van der Waals surface area contributed by atoms with E-state index in [9.17, 15) is 14.7 Å². The largest absolute Gasteiger partial charge is 0.444 e. The summed E-state index contributed by atoms with van der Waals surface area (Å²) < 4.78 is 5.25. The summed E-state index contributed by atoms with van der Waals surface area (Å²) in [5, 5.41) is 13.2. The van der Waals surface area contributed by atoms with Crippen LogP contribution in [0.25, 0.3) is 0 Å². The number of hydrogen-bond acceptors (Lipinski definition) is 4. The smallest absolute Gasteiger partial charge is 0.407 e. The lowest BCUT2D eigenvalue weighted by Crippen LogP contribution is -2.49. The summed E-state index contributed by atoms with van der Waals surface area (Å²) in [5.41, 5.74) is 0.335. The van der Waals surface area contributed by atoms with Crippen LogP contribution in [0.3, 0.4) is 0 Å². The Bertz CT molecular complexity index is 522. The van der Waals surface area contributed by atoms with Crippen LogP contribution in [0.15, 0.2) is 30.3 Å². The van der Waals surface area contributed by atoms with Gasteiger partial charge in [-0.3, -0.25) is 4.79 Å². The number of nitrogens with one attached hydrogen (secondary N) is 1. The lowest BCUT2D eigenvalue weighted by Gasteiger charge is -2.29. The number of aliphatic hydroxyl groups is 1. The van der Waals surface area contributed by atoms with Gasteiger partial charge in [0, 0.05) is 5.92 Å². The van der Waals surface area contributed by atoms with E-state index in [4.69, 9.17) is 4.74 Å². The normalized spacial score (nSPS) is 15.4. The summed E-state index contributed by atoms with van der Waals surface area (Å²) in [5.74, 6) is -0.694. The molecule has 5 nitrogen and oxygen atoms in total. The quantitative estimate of drug-likeness (QED) is 0.844. The minimum atomic E-state index is -0.986. The average Bonchev–Trinajstić information content (AvgIpc) is 2.44. The molecule has 0 aliphatic heterocycles. The highest BCUT2D eigenvalue weighted by Crippen LogP contribution is 2.15. The van der Waals surface area contributed by atoms with E-state index in [1.165, 1.54) is 6.92 Å². The molecule has 0 heterocycles. The number of ketones is 1. The molecule has 0 unspecified atom stereocenters. The van der Waals surface area contributed by atoms with Crippen molar-refractivity contribution < 1.29 is 19.4 Å². The lowest BCUT2D eigenvalue weighted by molar-refractivity contribution is -0.124. The molecule has 0 bridgehead atoms. The number of carbonyl (C=O) groups excluding carboxylic acids is 2. The van der Waals surface area contributed by atoms with Crippen LogP contribution in [0.4, 0.5) is 4.79 Å². The highest BCUT2D eigenvalue weighted by atomic mass is 16.6. The Balaban J connectivity index is 2.87. The van der Waals surface area contributed by atoms with Gasteiger partial charge in [0.2, 0.25) is 0 Å². The van der Waals surface area contributed by atoms with Gasteiger partial charge in [-0.25, -0.2) is 4.79 Å². The molecule has 5 heteroatoms. The molecular weight excluding hydrogens is 294 g/mol. The maximum atomic E-state index is 12.0. The fraction of sp³-hybridized carbons (Fsp3) is 0.556. The highest BCUT2D eigenvalue weighted by Gasteiger charge is 2.30. The van der Waals surface area contributed by atoms with Crippen molar-refractivity contribution in [2.75, 3.05) is 0 Å². The number of hydrogen-bond donors (Lipinski definition) is 2. The van der Waals surface area contributed by atoms with Crippen molar-refractivity contribution in [1.82, 2.24) is 5.32 Å². The molecule has 0 spiro atoms. The molecule has 23 heavy (non-hydrogen) atoms. The second-order valence-corrected chi connectivity index (χ2v) is 6.83. The van der Waals surface area contributed by atoms with Gasteiger partial charge in [-0.15, -0.1) is 0 Å². The van der Waals surface area contributed by atoms with Gasteiger partial charge < -0.3 is 15.2 Å². The van der Waals surface area contributed by atoms with Crippen molar-refractivity contribution in [1.29, 1.82) is 0 Å². The summed E-state index contributed by atoms with van der Waals surface area (Å²) in [6.45, 7) is 8.40. The molecule has 1 aromatic carbocycles. The minimum Gasteiger partial charge on any atom is -0.444 e. The molecule has 128 valence electrons. The first-order valence-corrected chi connectivity index (χ1v) is 7.82. The average molecular weight is 321 g/mol. The van der Waals surface area contributed by atoms with Crippen molar-refractivity contribution >= 4 is 11.9 Å². The molecule has 0 saturated heterocycles. The van der Waals surface area contributed by atoms with Gasteiger partial charge in [-0.05, 0) is 39.7 Å². The van der Waals surface area contributed by atoms with Gasteiger partial charge in [-0.1, -0.05) is 37.3 Å². The van der Waals surface area contributed by atoms with Crippen LogP contribution in [0.5, 0.6) is 0 Å². The fourth-order valence-corrected chi connectivity index (χ4v) is 2.17. The van der Waals surface area contributed by atoms with E-state index >= 15 is 0 Å². The van der Waals surface area contributed by atoms with E-state index in [-0.39, 0.29) is 5.78 Å². The number of Topliss-reactive ketones (excluding diaryl/α,β-unsaturated/α-hetero) is 1. The number of ether oxygens (including phenoxy) is 1. The number of amides is 1. The van der Waals surface area contributed by atoms with E-state index < -0.39 is 29.8 Å². The monoisotopic (exact) mass is 321 g/mol. The Kier molecular flexibility index (Phi) is 6.76. The first-order chi connectivity index (χ1) is 10.6. The number of benzene rings is 1. The van der Waals surface area contributed by atoms with Gasteiger partial charge in [0.05, 0.1) is 12.1 Å². The first-order valence-electron chi connectivity index (χ1n) is 7.82. The lowest BCUT2D eigenvalue weighted by atomic mass is 9.91. The van der Waals surface area contributed by atoms with Crippen molar-refractivity contribution in [3.05, 3.63) is 35.9 Å². The van der Waals surface area contributed by atoms with E-state index in [0.717, 1.165) is 5.56 Å². The van der Waals surface area contributed by atoms with Crippen LogP contribution < -0.4 is 5.32 Å². The van der Waals surface area contributed by atoms with Crippen LogP contribution in [-0.2, 0) is 16.0 Å². The van der Waals surface area contributed by atoms with Gasteiger partial charge in [0.1, 0.15) is 11.4 Å². The van der Waals surface area contributed by atoms with Crippen LogP contribution in [0.2, 0.25) is 0 Å². The van der Waals surface area contributed by atoms with E-state index in [1.807, 2.05) is 30.3 Å². The summed E-state index contributed by atoms with van der Waals surface area (Å²) in [4.78, 5) is 23.6. The van der Waals surface area contributed by atoms with Crippen LogP contribution in [0.1, 0.15) is 40.2 Å². The molecular formula is C18H27NO4. The first kappa shape index (κ1) is 19.2. The number of rotatable bonds is 6. The molecule has 1 rings (SSSR count). The number of alkyl carbamates (subject to hydrolysis) is 1. The molecule has 0 aliphatic carbocycles. The van der Waals surface area contributed by atoms with Gasteiger partial charge >= 0.3 is 6.09 Å². The Labute approximate surface area is 138 Å². The zero-order valence-electron chi connectivity index (χ0n) is 14.5. The molecule has 3 atom stereocenters. The van der Waals surface area contributed by atoms with Gasteiger partial charge in [0.15, 0.2) is 0 Å². The molecule has 0 fully saturated rings. The Hall–Kier alpha value is -1.88.